The van der Waals surface area contributed by atoms with Crippen molar-refractivity contribution < 1.29 is 13.5 Å². The molecule has 0 aromatic heterocycles. The second-order valence-corrected chi connectivity index (χ2v) is 23.8. The maximum atomic E-state index is 6.19. The van der Waals surface area contributed by atoms with Crippen LogP contribution in [0.3, 0.4) is 0 Å². The number of fused-ring (bicyclic) bond motifs is 1. The molecule has 2 aliphatic heterocycles. The number of anilines is 2. The Labute approximate surface area is 387 Å². The molecular weight excluding hydrogens is 889 g/mol. The molecule has 0 spiro atoms. The van der Waals surface area contributed by atoms with Crippen molar-refractivity contribution in [3.05, 3.63) is 173 Å². The van der Waals surface area contributed by atoms with Gasteiger partial charge in [0.25, 0.3) is 0 Å². The molecule has 62 heavy (non-hydrogen) atoms. The molecule has 2 heterocycles. The first-order chi connectivity index (χ1) is 30.1. The molecule has 0 saturated heterocycles. The van der Waals surface area contributed by atoms with E-state index >= 15 is 0 Å². The van der Waals surface area contributed by atoms with E-state index in [0.29, 0.717) is 12.1 Å². The summed E-state index contributed by atoms with van der Waals surface area (Å²) in [5, 5.41) is 0. The van der Waals surface area contributed by atoms with E-state index in [4.69, 9.17) is 19.4 Å². The molecule has 332 valence electrons. The molecule has 4 nitrogen and oxygen atoms in total. The second-order valence-electron chi connectivity index (χ2n) is 18.0. The van der Waals surface area contributed by atoms with Crippen LogP contribution in [0.15, 0.2) is 110 Å². The Morgan fingerprint density at radius 2 is 0.871 bits per heavy atom. The Hall–Kier alpha value is -3.63. The molecule has 2 fully saturated rings. The van der Waals surface area contributed by atoms with Crippen LogP contribution in [0.5, 0.6) is 0 Å². The van der Waals surface area contributed by atoms with Crippen LogP contribution in [0.2, 0.25) is 0 Å². The molecule has 4 aromatic rings. The van der Waals surface area contributed by atoms with Crippen molar-refractivity contribution in [3.63, 3.8) is 0 Å². The average molecular weight is 957 g/mol. The Morgan fingerprint density at radius 3 is 1.29 bits per heavy atom. The van der Waals surface area contributed by atoms with Gasteiger partial charge in [-0.1, -0.05) is 99.6 Å². The monoisotopic (exact) mass is 956 g/mol. The molecule has 5 aliphatic rings. The van der Waals surface area contributed by atoms with E-state index in [2.05, 4.69) is 160 Å². The molecule has 0 bridgehead atoms. The van der Waals surface area contributed by atoms with Crippen molar-refractivity contribution in [2.24, 2.45) is 0 Å². The van der Waals surface area contributed by atoms with Gasteiger partial charge in [-0.15, -0.1) is 0 Å². The fourth-order valence-electron chi connectivity index (χ4n) is 10.2. The van der Waals surface area contributed by atoms with Crippen LogP contribution in [-0.4, -0.2) is 26.0 Å². The number of benzene rings is 4. The summed E-state index contributed by atoms with van der Waals surface area (Å²) in [7, 11) is 12.4. The third-order valence-corrected chi connectivity index (χ3v) is 16.2. The van der Waals surface area contributed by atoms with E-state index in [1.54, 1.807) is 0 Å². The van der Waals surface area contributed by atoms with Crippen LogP contribution in [-0.2, 0) is 13.5 Å². The third-order valence-electron chi connectivity index (χ3n) is 13.1. The van der Waals surface area contributed by atoms with Crippen molar-refractivity contribution in [1.82, 2.24) is 9.80 Å². The standard InChI is InChI=1S/2C20H29N2.C15H10.2ClH.Ru/c2*1-16-13-17(2)20(18(3)14-16)22-12-11-21(15-22)19-9-7-5-4-6-8-10-19;1-2-6-12(7-3-1)15-11-10-13-8-4-5-9-14(13)15;;;/h2*11-15,19H,4-10H2,1-3H3;1-9,11H;2*1H;/q2*-1;;;;+2/p-2. The first kappa shape index (κ1) is 46.4. The molecule has 0 atom stereocenters. The van der Waals surface area contributed by atoms with Crippen molar-refractivity contribution in [2.75, 3.05) is 9.80 Å². The summed E-state index contributed by atoms with van der Waals surface area (Å²) in [4.78, 5) is 9.51. The van der Waals surface area contributed by atoms with Gasteiger partial charge in [0.15, 0.2) is 0 Å². The summed E-state index contributed by atoms with van der Waals surface area (Å²) in [6.45, 7) is 17.8. The van der Waals surface area contributed by atoms with Crippen molar-refractivity contribution in [3.8, 4) is 0 Å². The summed E-state index contributed by atoms with van der Waals surface area (Å²) >= 11 is -1.88. The van der Waals surface area contributed by atoms with Crippen molar-refractivity contribution >= 4 is 40.4 Å². The van der Waals surface area contributed by atoms with Crippen LogP contribution in [0.1, 0.15) is 140 Å². The zero-order valence-corrected chi connectivity index (χ0v) is 41.2. The number of hydrogen-bond acceptors (Lipinski definition) is 4. The summed E-state index contributed by atoms with van der Waals surface area (Å²) in [5.74, 6) is 0. The summed E-state index contributed by atoms with van der Waals surface area (Å²) in [6, 6.07) is 29.2. The molecule has 0 amide bonds. The van der Waals surface area contributed by atoms with Gasteiger partial charge in [0, 0.05) is 23.5 Å². The van der Waals surface area contributed by atoms with Gasteiger partial charge in [0.2, 0.25) is 0 Å². The van der Waals surface area contributed by atoms with Crippen LogP contribution < -0.4 is 9.80 Å². The second kappa shape index (κ2) is 22.3. The van der Waals surface area contributed by atoms with E-state index in [0.717, 1.165) is 4.11 Å². The SMILES string of the molecule is Cc1cc(C)c(N2C=CN(C3CCCCCCC3)[CH-]2)c(C)c1.Cc1cc(C)c(N2C=CN(C3CCCCCCC3)[CH-]2)c(C)c1.[Cl][Ru]([Cl])=[C]1C=C(c2ccccc2)c2ccccc21. The topological polar surface area (TPSA) is 13.0 Å². The molecule has 0 radical (unpaired) electrons. The van der Waals surface area contributed by atoms with Crippen LogP contribution in [0, 0.1) is 54.9 Å². The third kappa shape index (κ3) is 11.7. The Balaban J connectivity index is 0.000000141. The van der Waals surface area contributed by atoms with Crippen LogP contribution >= 0.6 is 19.4 Å². The molecule has 3 aliphatic carbocycles. The molecular formula is C55H68Cl2N4Ru-2. The average Bonchev–Trinajstić information content (AvgIpc) is 3.98. The van der Waals surface area contributed by atoms with E-state index in [-0.39, 0.29) is 0 Å². The molecule has 2 saturated carbocycles. The van der Waals surface area contributed by atoms with E-state index < -0.39 is 13.5 Å². The van der Waals surface area contributed by atoms with Crippen molar-refractivity contribution in [2.45, 2.75) is 144 Å². The van der Waals surface area contributed by atoms with Gasteiger partial charge in [-0.05, 0) is 114 Å². The van der Waals surface area contributed by atoms with Gasteiger partial charge in [-0.3, -0.25) is 0 Å². The quantitative estimate of drug-likeness (QED) is 0.146. The van der Waals surface area contributed by atoms with Gasteiger partial charge in [0.1, 0.15) is 0 Å². The first-order valence-electron chi connectivity index (χ1n) is 23.1. The number of hydrogen-bond donors (Lipinski definition) is 0. The number of halogens is 2. The number of nitrogens with zero attached hydrogens (tertiary/aromatic N) is 4. The Morgan fingerprint density at radius 1 is 0.484 bits per heavy atom. The van der Waals surface area contributed by atoms with E-state index in [9.17, 15) is 0 Å². The molecule has 7 heteroatoms. The number of allylic oxidation sites excluding steroid dienone is 1. The van der Waals surface area contributed by atoms with E-state index in [1.807, 2.05) is 24.3 Å². The van der Waals surface area contributed by atoms with Gasteiger partial charge >= 0.3 is 120 Å². The Kier molecular flexibility index (Phi) is 16.7. The van der Waals surface area contributed by atoms with E-state index in [1.165, 1.54) is 157 Å². The van der Waals surface area contributed by atoms with Crippen molar-refractivity contribution in [1.29, 1.82) is 0 Å². The minimum absolute atomic E-state index is 0.688. The zero-order valence-electron chi connectivity index (χ0n) is 38.0. The van der Waals surface area contributed by atoms with Gasteiger partial charge in [-0.2, -0.15) is 13.3 Å². The Bertz CT molecular complexity index is 2090. The fourth-order valence-corrected chi connectivity index (χ4v) is 12.7. The normalized spacial score (nSPS) is 18.5. The number of aryl methyl sites for hydroxylation is 6. The fraction of sp³-hybridized carbons (Fsp3) is 0.400. The maximum absolute atomic E-state index is 6.19. The van der Waals surface area contributed by atoms with Gasteiger partial charge in [0.05, 0.1) is 0 Å². The summed E-state index contributed by atoms with van der Waals surface area (Å²) < 4.78 is 1.12. The predicted octanol–water partition coefficient (Wildman–Crippen LogP) is 15.5. The first-order valence-corrected chi connectivity index (χ1v) is 28.5. The summed E-state index contributed by atoms with van der Waals surface area (Å²) in [6.07, 6.45) is 30.5. The zero-order chi connectivity index (χ0) is 43.6. The van der Waals surface area contributed by atoms with Crippen LogP contribution in [0.25, 0.3) is 5.57 Å². The number of rotatable bonds is 5. The molecule has 4 aromatic carbocycles. The molecule has 0 unspecified atom stereocenters. The van der Waals surface area contributed by atoms with Gasteiger partial charge in [-0.25, -0.2) is 0 Å². The summed E-state index contributed by atoms with van der Waals surface area (Å²) in [5.41, 5.74) is 15.7. The minimum atomic E-state index is -1.88. The molecule has 9 rings (SSSR count). The predicted molar refractivity (Wildman–Crippen MR) is 265 cm³/mol. The van der Waals surface area contributed by atoms with Crippen LogP contribution in [0.4, 0.5) is 11.4 Å². The van der Waals surface area contributed by atoms with Gasteiger partial charge < -0.3 is 19.6 Å². The molecule has 0 N–H and O–H groups in total.